The maximum atomic E-state index is 13.5. The van der Waals surface area contributed by atoms with E-state index in [-0.39, 0.29) is 53.7 Å². The molecular formula is C24H26N4O3S. The van der Waals surface area contributed by atoms with Gasteiger partial charge >= 0.3 is 0 Å². The van der Waals surface area contributed by atoms with Crippen LogP contribution in [0.2, 0.25) is 0 Å². The number of nitrogens with one attached hydrogen (secondary N) is 1. The van der Waals surface area contributed by atoms with Gasteiger partial charge in [0, 0.05) is 5.92 Å². The Labute approximate surface area is 190 Å². The van der Waals surface area contributed by atoms with Crippen molar-refractivity contribution >= 4 is 34.2 Å². The molecule has 1 saturated heterocycles. The highest BCUT2D eigenvalue weighted by Gasteiger charge is 2.60. The van der Waals surface area contributed by atoms with Gasteiger partial charge in [-0.15, -0.1) is 10.2 Å². The van der Waals surface area contributed by atoms with E-state index in [4.69, 9.17) is 0 Å². The second-order valence-corrected chi connectivity index (χ2v) is 10.3. The number of hydrogen-bond donors (Lipinski definition) is 1. The van der Waals surface area contributed by atoms with E-state index in [9.17, 15) is 14.4 Å². The Bertz CT molecular complexity index is 1090. The summed E-state index contributed by atoms with van der Waals surface area (Å²) in [4.78, 5) is 41.3. The van der Waals surface area contributed by atoms with Gasteiger partial charge in [0.15, 0.2) is 0 Å². The highest BCUT2D eigenvalue weighted by atomic mass is 32.1. The van der Waals surface area contributed by atoms with E-state index in [0.717, 1.165) is 22.6 Å². The topological polar surface area (TPSA) is 92.3 Å². The van der Waals surface area contributed by atoms with E-state index < -0.39 is 6.04 Å². The maximum Gasteiger partial charge on any atom is 0.234 e. The van der Waals surface area contributed by atoms with E-state index in [2.05, 4.69) is 27.7 Å². The SMILES string of the molecule is Cc1ccccc1C(CC(=O)Nc1nnc(C(C)C)s1)N1C(=O)C2C3C=CC(C3)C2C1=O. The normalized spacial score (nSPS) is 26.8. The van der Waals surface area contributed by atoms with Gasteiger partial charge in [-0.1, -0.05) is 61.6 Å². The van der Waals surface area contributed by atoms with Crippen LogP contribution in [0.15, 0.2) is 36.4 Å². The van der Waals surface area contributed by atoms with Crippen molar-refractivity contribution in [3.8, 4) is 0 Å². The van der Waals surface area contributed by atoms with Crippen LogP contribution in [0.1, 0.15) is 54.8 Å². The predicted octanol–water partition coefficient (Wildman–Crippen LogP) is 3.85. The molecule has 1 aromatic carbocycles. The number of imide groups is 1. The number of benzene rings is 1. The van der Waals surface area contributed by atoms with Crippen molar-refractivity contribution in [3.63, 3.8) is 0 Å². The van der Waals surface area contributed by atoms with Crippen molar-refractivity contribution in [3.05, 3.63) is 52.6 Å². The van der Waals surface area contributed by atoms with Gasteiger partial charge in [-0.2, -0.15) is 0 Å². The van der Waals surface area contributed by atoms with Gasteiger partial charge in [0.1, 0.15) is 5.01 Å². The van der Waals surface area contributed by atoms with Crippen LogP contribution in [-0.4, -0.2) is 32.8 Å². The fourth-order valence-electron chi connectivity index (χ4n) is 5.40. The first kappa shape index (κ1) is 21.0. The molecule has 2 fully saturated rings. The standard InChI is InChI=1S/C24H26N4O3S/c1-12(2)21-26-27-24(32-21)25-18(29)11-17(16-7-5-4-6-13(16)3)28-22(30)19-14-8-9-15(10-14)20(19)23(28)31/h4-9,12,14-15,17,19-20H,10-11H2,1-3H3,(H,25,27,29). The quantitative estimate of drug-likeness (QED) is 0.533. The van der Waals surface area contributed by atoms with Crippen molar-refractivity contribution < 1.29 is 14.4 Å². The number of anilines is 1. The molecule has 2 aliphatic carbocycles. The zero-order valence-electron chi connectivity index (χ0n) is 18.3. The average molecular weight is 451 g/mol. The molecule has 2 aromatic rings. The Hall–Kier alpha value is -2.87. The molecule has 1 saturated carbocycles. The molecule has 1 aromatic heterocycles. The molecular weight excluding hydrogens is 424 g/mol. The molecule has 3 aliphatic rings. The lowest BCUT2D eigenvalue weighted by molar-refractivity contribution is -0.144. The summed E-state index contributed by atoms with van der Waals surface area (Å²) in [5.41, 5.74) is 1.77. The lowest BCUT2D eigenvalue weighted by Gasteiger charge is -2.29. The number of rotatable bonds is 6. The van der Waals surface area contributed by atoms with Gasteiger partial charge in [-0.25, -0.2) is 0 Å². The van der Waals surface area contributed by atoms with Crippen molar-refractivity contribution in [1.29, 1.82) is 0 Å². The number of amides is 3. The molecule has 32 heavy (non-hydrogen) atoms. The van der Waals surface area contributed by atoms with Crippen LogP contribution in [-0.2, 0) is 14.4 Å². The third-order valence-electron chi connectivity index (χ3n) is 6.92. The van der Waals surface area contributed by atoms with E-state index in [1.165, 1.54) is 16.2 Å². The number of nitrogens with zero attached hydrogens (tertiary/aromatic N) is 3. The third-order valence-corrected chi connectivity index (χ3v) is 8.06. The molecule has 166 valence electrons. The molecule has 2 bridgehead atoms. The molecule has 0 radical (unpaired) electrons. The summed E-state index contributed by atoms with van der Waals surface area (Å²) >= 11 is 1.34. The Balaban J connectivity index is 1.43. The first-order valence-electron chi connectivity index (χ1n) is 11.1. The molecule has 0 spiro atoms. The number of likely N-dealkylation sites (tertiary alicyclic amines) is 1. The third kappa shape index (κ3) is 3.37. The van der Waals surface area contributed by atoms with Gasteiger partial charge < -0.3 is 5.32 Å². The van der Waals surface area contributed by atoms with Gasteiger partial charge in [-0.3, -0.25) is 19.3 Å². The summed E-state index contributed by atoms with van der Waals surface area (Å²) in [6.07, 6.45) is 5.03. The summed E-state index contributed by atoms with van der Waals surface area (Å²) in [5, 5.41) is 12.3. The number of aromatic nitrogens is 2. The van der Waals surface area contributed by atoms with E-state index in [0.29, 0.717) is 5.13 Å². The number of fused-ring (bicyclic) bond motifs is 5. The Morgan fingerprint density at radius 2 is 1.78 bits per heavy atom. The lowest BCUT2D eigenvalue weighted by atomic mass is 9.85. The number of carbonyl (C=O) groups excluding carboxylic acids is 3. The minimum absolute atomic E-state index is 0.0128. The van der Waals surface area contributed by atoms with Gasteiger partial charge in [0.25, 0.3) is 0 Å². The van der Waals surface area contributed by atoms with Crippen molar-refractivity contribution in [2.75, 3.05) is 5.32 Å². The summed E-state index contributed by atoms with van der Waals surface area (Å²) < 4.78 is 0. The minimum atomic E-state index is -0.640. The van der Waals surface area contributed by atoms with Crippen LogP contribution in [0.25, 0.3) is 0 Å². The second-order valence-electron chi connectivity index (χ2n) is 9.27. The Kier molecular flexibility index (Phi) is 5.20. The van der Waals surface area contributed by atoms with Gasteiger partial charge in [0.05, 0.1) is 24.3 Å². The lowest BCUT2D eigenvalue weighted by Crippen LogP contribution is -2.38. The molecule has 5 atom stereocenters. The van der Waals surface area contributed by atoms with Crippen molar-refractivity contribution in [2.45, 2.75) is 45.6 Å². The molecule has 8 heteroatoms. The zero-order chi connectivity index (χ0) is 22.6. The largest absolute Gasteiger partial charge is 0.300 e. The van der Waals surface area contributed by atoms with Crippen LogP contribution in [0.5, 0.6) is 0 Å². The zero-order valence-corrected chi connectivity index (χ0v) is 19.1. The first-order chi connectivity index (χ1) is 15.3. The Morgan fingerprint density at radius 1 is 1.12 bits per heavy atom. The van der Waals surface area contributed by atoms with Crippen molar-refractivity contribution in [1.82, 2.24) is 15.1 Å². The minimum Gasteiger partial charge on any atom is -0.300 e. The smallest absolute Gasteiger partial charge is 0.234 e. The van der Waals surface area contributed by atoms with E-state index in [1.54, 1.807) is 0 Å². The molecule has 7 nitrogen and oxygen atoms in total. The van der Waals surface area contributed by atoms with Crippen LogP contribution < -0.4 is 5.32 Å². The molecule has 3 amide bonds. The van der Waals surface area contributed by atoms with Crippen LogP contribution in [0.4, 0.5) is 5.13 Å². The van der Waals surface area contributed by atoms with Gasteiger partial charge in [0.2, 0.25) is 22.9 Å². The maximum absolute atomic E-state index is 13.5. The fourth-order valence-corrected chi connectivity index (χ4v) is 6.16. The summed E-state index contributed by atoms with van der Waals surface area (Å²) in [7, 11) is 0. The number of allylic oxidation sites excluding steroid dienone is 2. The number of aryl methyl sites for hydroxylation is 1. The number of hydrogen-bond acceptors (Lipinski definition) is 6. The summed E-state index contributed by atoms with van der Waals surface area (Å²) in [6, 6.07) is 6.99. The molecule has 1 N–H and O–H groups in total. The monoisotopic (exact) mass is 450 g/mol. The Morgan fingerprint density at radius 3 is 2.38 bits per heavy atom. The molecule has 2 heterocycles. The molecule has 5 unspecified atom stereocenters. The van der Waals surface area contributed by atoms with Crippen LogP contribution in [0.3, 0.4) is 0 Å². The number of carbonyl (C=O) groups is 3. The predicted molar refractivity (Wildman–Crippen MR) is 121 cm³/mol. The van der Waals surface area contributed by atoms with E-state index >= 15 is 0 Å². The summed E-state index contributed by atoms with van der Waals surface area (Å²) in [5.74, 6) is -0.661. The highest BCUT2D eigenvalue weighted by molar-refractivity contribution is 7.15. The van der Waals surface area contributed by atoms with E-state index in [1.807, 2.05) is 45.0 Å². The average Bonchev–Trinajstić information content (AvgIpc) is 3.52. The fraction of sp³-hybridized carbons (Fsp3) is 0.458. The van der Waals surface area contributed by atoms with Gasteiger partial charge in [-0.05, 0) is 36.3 Å². The van der Waals surface area contributed by atoms with Crippen LogP contribution >= 0.6 is 11.3 Å². The molecule has 5 rings (SSSR count). The summed E-state index contributed by atoms with van der Waals surface area (Å²) in [6.45, 7) is 5.98. The highest BCUT2D eigenvalue weighted by Crippen LogP contribution is 2.54. The molecule has 1 aliphatic heterocycles. The van der Waals surface area contributed by atoms with Crippen molar-refractivity contribution in [2.24, 2.45) is 23.7 Å². The second kappa shape index (κ2) is 7.92. The van der Waals surface area contributed by atoms with Crippen LogP contribution in [0, 0.1) is 30.6 Å². The first-order valence-corrected chi connectivity index (χ1v) is 11.9.